The van der Waals surface area contributed by atoms with Gasteiger partial charge in [-0.2, -0.15) is 0 Å². The molecule has 7 rings (SSSR count). The Morgan fingerprint density at radius 3 is 2.34 bits per heavy atom. The van der Waals surface area contributed by atoms with E-state index in [1.54, 1.807) is 33.3 Å². The van der Waals surface area contributed by atoms with E-state index in [4.69, 9.17) is 53.1 Å². The molecule has 62 heavy (non-hydrogen) atoms. The first-order chi connectivity index (χ1) is 29.5. The highest BCUT2D eigenvalue weighted by Crippen LogP contribution is 2.46. The number of nitrogens with two attached hydrogens (primary N) is 1. The molecule has 6 heterocycles. The second-order valence-electron chi connectivity index (χ2n) is 18.8. The Morgan fingerprint density at radius 1 is 0.919 bits per heavy atom. The molecule has 4 saturated heterocycles. The van der Waals surface area contributed by atoms with Crippen molar-refractivity contribution >= 4 is 11.7 Å². The molecule has 18 atom stereocenters. The lowest BCUT2D eigenvalue weighted by Gasteiger charge is -2.48. The van der Waals surface area contributed by atoms with Gasteiger partial charge in [-0.05, 0) is 62.8 Å². The molecule has 0 saturated carbocycles. The number of methoxy groups -OCH3 is 2. The van der Waals surface area contributed by atoms with Gasteiger partial charge in [-0.25, -0.2) is 0 Å². The smallest absolute Gasteiger partial charge is 0.316 e. The van der Waals surface area contributed by atoms with Crippen molar-refractivity contribution in [2.24, 2.45) is 34.6 Å². The number of carbonyl (C=O) groups excluding carboxylic acids is 1. The molecule has 15 heteroatoms. The quantitative estimate of drug-likeness (QED) is 0.127. The summed E-state index contributed by atoms with van der Waals surface area (Å²) in [6.07, 6.45) is 10.1. The lowest BCUT2D eigenvalue weighted by Crippen LogP contribution is -2.57. The number of esters is 1. The molecule has 15 nitrogen and oxygen atoms in total. The first kappa shape index (κ1) is 47.2. The van der Waals surface area contributed by atoms with Crippen molar-refractivity contribution in [3.63, 3.8) is 0 Å². The third-order valence-corrected chi connectivity index (χ3v) is 14.0. The molecule has 4 fully saturated rings. The highest BCUT2D eigenvalue weighted by molar-refractivity contribution is 6.06. The van der Waals surface area contributed by atoms with Crippen LogP contribution in [0.5, 0.6) is 0 Å². The van der Waals surface area contributed by atoms with Crippen LogP contribution in [0.4, 0.5) is 0 Å². The highest BCUT2D eigenvalue weighted by atomic mass is 16.7. The first-order valence-electron chi connectivity index (χ1n) is 22.5. The van der Waals surface area contributed by atoms with Crippen LogP contribution < -0.4 is 5.73 Å². The summed E-state index contributed by atoms with van der Waals surface area (Å²) in [7, 11) is 3.31. The first-order valence-corrected chi connectivity index (χ1v) is 22.5. The topological polar surface area (TPSA) is 188 Å². The van der Waals surface area contributed by atoms with Crippen molar-refractivity contribution in [2.75, 3.05) is 20.8 Å². The molecule has 0 radical (unpaired) electrons. The molecule has 1 aliphatic carbocycles. The van der Waals surface area contributed by atoms with Crippen LogP contribution in [0, 0.1) is 23.7 Å². The SMILES string of the molecule is CO[C@H]1C[C@H](O[C@@H]2[C@@H](C)OC(O[C@@H]3/C(C)=C/CC4CC(CC5(C=C[C@@H](C)C(C(C)C)O5)O4)OC(=O)C4C=C(C)/C(=N\O)C5OC/C(=C\C=C\C3C)[C@@]45O)C[C@H]2OC)O[C@@H](C)[C@@H]1N. The average molecular weight is 871 g/mol. The van der Waals surface area contributed by atoms with Gasteiger partial charge in [0.25, 0.3) is 0 Å². The van der Waals surface area contributed by atoms with Crippen LogP contribution in [0.3, 0.4) is 0 Å². The Bertz CT molecular complexity index is 1800. The fourth-order valence-corrected chi connectivity index (χ4v) is 10.5. The molecule has 4 N–H and O–H groups in total. The minimum absolute atomic E-state index is 0.0116. The number of ether oxygens (including phenoxy) is 10. The Balaban J connectivity index is 1.19. The Kier molecular flexibility index (Phi) is 14.7. The van der Waals surface area contributed by atoms with Gasteiger partial charge in [0, 0.05) is 51.7 Å². The van der Waals surface area contributed by atoms with Gasteiger partial charge >= 0.3 is 5.97 Å². The maximum absolute atomic E-state index is 14.4. The zero-order valence-corrected chi connectivity index (χ0v) is 38.0. The van der Waals surface area contributed by atoms with Gasteiger partial charge in [-0.3, -0.25) is 4.79 Å². The van der Waals surface area contributed by atoms with Gasteiger partial charge in [0.2, 0.25) is 0 Å². The van der Waals surface area contributed by atoms with Crippen LogP contribution in [-0.4, -0.2) is 134 Å². The van der Waals surface area contributed by atoms with E-state index in [-0.39, 0.29) is 67.0 Å². The summed E-state index contributed by atoms with van der Waals surface area (Å²) in [6.45, 7) is 16.1. The molecule has 0 aromatic heterocycles. The van der Waals surface area contributed by atoms with Crippen LogP contribution in [0.2, 0.25) is 0 Å². The predicted octanol–water partition coefficient (Wildman–Crippen LogP) is 5.42. The minimum Gasteiger partial charge on any atom is -0.462 e. The van der Waals surface area contributed by atoms with E-state index in [2.05, 4.69) is 45.0 Å². The van der Waals surface area contributed by atoms with Gasteiger partial charge in [0.1, 0.15) is 35.5 Å². The lowest BCUT2D eigenvalue weighted by atomic mass is 9.71. The van der Waals surface area contributed by atoms with Gasteiger partial charge in [-0.1, -0.05) is 69.3 Å². The van der Waals surface area contributed by atoms with E-state index in [9.17, 15) is 15.1 Å². The molecule has 0 aromatic rings. The lowest BCUT2D eigenvalue weighted by molar-refractivity contribution is -0.311. The monoisotopic (exact) mass is 870 g/mol. The van der Waals surface area contributed by atoms with Crippen molar-refractivity contribution in [1.82, 2.24) is 0 Å². The molecule has 0 amide bonds. The van der Waals surface area contributed by atoms with E-state index in [1.807, 2.05) is 39.0 Å². The zero-order valence-electron chi connectivity index (χ0n) is 38.0. The normalized spacial score (nSPS) is 48.2. The number of hydrogen-bond donors (Lipinski definition) is 3. The number of hydrogen-bond acceptors (Lipinski definition) is 15. The third-order valence-electron chi connectivity index (χ3n) is 14.0. The van der Waals surface area contributed by atoms with Crippen LogP contribution >= 0.6 is 0 Å². The Hall–Kier alpha value is -2.80. The number of aliphatic hydroxyl groups is 1. The molecule has 0 aromatic carbocycles. The second kappa shape index (κ2) is 19.4. The van der Waals surface area contributed by atoms with E-state index in [0.717, 1.165) is 5.57 Å². The van der Waals surface area contributed by atoms with Gasteiger partial charge in [0.05, 0.1) is 55.4 Å². The second-order valence-corrected chi connectivity index (χ2v) is 18.8. The van der Waals surface area contributed by atoms with E-state index in [0.29, 0.717) is 36.8 Å². The Labute approximate surface area is 366 Å². The summed E-state index contributed by atoms with van der Waals surface area (Å²) < 4.78 is 63.9. The van der Waals surface area contributed by atoms with Gasteiger partial charge in [-0.15, -0.1) is 0 Å². The van der Waals surface area contributed by atoms with Crippen molar-refractivity contribution in [1.29, 1.82) is 0 Å². The maximum atomic E-state index is 14.4. The molecule has 346 valence electrons. The van der Waals surface area contributed by atoms with E-state index < -0.39 is 72.5 Å². The predicted molar refractivity (Wildman–Crippen MR) is 228 cm³/mol. The molecule has 6 aliphatic heterocycles. The number of nitrogens with zero attached hydrogens (tertiary/aromatic N) is 1. The zero-order chi connectivity index (χ0) is 44.7. The molecule has 8 unspecified atom stereocenters. The average Bonchev–Trinajstić information content (AvgIpc) is 3.56. The third kappa shape index (κ3) is 9.46. The number of oxime groups is 1. The van der Waals surface area contributed by atoms with E-state index in [1.165, 1.54) is 0 Å². The summed E-state index contributed by atoms with van der Waals surface area (Å²) in [6, 6.07) is -0.260. The van der Waals surface area contributed by atoms with Crippen LogP contribution in [0.15, 0.2) is 64.4 Å². The van der Waals surface area contributed by atoms with Crippen LogP contribution in [-0.2, 0) is 52.2 Å². The molecular formula is C47H70N2O13. The van der Waals surface area contributed by atoms with Gasteiger partial charge in [0.15, 0.2) is 18.4 Å². The van der Waals surface area contributed by atoms with Crippen LogP contribution in [0.25, 0.3) is 0 Å². The fourth-order valence-electron chi connectivity index (χ4n) is 10.5. The number of fused-ring (bicyclic) bond motifs is 2. The van der Waals surface area contributed by atoms with Crippen molar-refractivity contribution < 1.29 is 62.5 Å². The number of carbonyl (C=O) groups is 1. The summed E-state index contributed by atoms with van der Waals surface area (Å²) in [5, 5.41) is 26.1. The maximum Gasteiger partial charge on any atom is 0.316 e. The molecular weight excluding hydrogens is 801 g/mol. The van der Waals surface area contributed by atoms with Crippen molar-refractivity contribution in [3.8, 4) is 0 Å². The molecule has 2 bridgehead atoms. The van der Waals surface area contributed by atoms with Crippen LogP contribution in [0.1, 0.15) is 87.5 Å². The van der Waals surface area contributed by atoms with Crippen molar-refractivity contribution in [2.45, 2.75) is 179 Å². The number of allylic oxidation sites excluding steroid dienone is 2. The number of rotatable bonds is 7. The largest absolute Gasteiger partial charge is 0.462 e. The standard InChI is InChI=1S/C47H70N2O13/c1-24(2)41-27(5)16-17-46(62-41)22-33-19-32(61-46)15-14-26(4)42(59-38-21-36(54-10)43(30(8)57-38)60-37-20-35(53-9)39(48)29(7)56-37)25(3)12-11-13-31-23-55-44-40(49-52)28(6)18-34(45(50)58-33)47(31,44)51/h11-14,16-18,24-25,27,29-30,32-39,41-44,51-52H,15,19-23,48H2,1-10H3/b12-11+,26-14+,31-13+,49-40+/t25?,27-,29+,30-,32?,33?,34?,35+,36-,37+,38?,39+,41?,42+,43-,44?,46?,47-/m1/s1. The molecule has 7 aliphatic rings. The van der Waals surface area contributed by atoms with Crippen molar-refractivity contribution in [3.05, 3.63) is 59.3 Å². The van der Waals surface area contributed by atoms with E-state index >= 15 is 0 Å². The Morgan fingerprint density at radius 2 is 1.63 bits per heavy atom. The minimum atomic E-state index is -1.87. The molecule has 1 spiro atoms. The summed E-state index contributed by atoms with van der Waals surface area (Å²) in [5.74, 6) is -2.68. The van der Waals surface area contributed by atoms with Gasteiger partial charge < -0.3 is 63.4 Å². The summed E-state index contributed by atoms with van der Waals surface area (Å²) in [5.41, 5.74) is 6.55. The highest BCUT2D eigenvalue weighted by Gasteiger charge is 2.60. The summed E-state index contributed by atoms with van der Waals surface area (Å²) >= 11 is 0. The summed E-state index contributed by atoms with van der Waals surface area (Å²) in [4.78, 5) is 14.4. The fraction of sp³-hybridized carbons (Fsp3) is 0.745.